The Kier molecular flexibility index (Phi) is 7.08. The summed E-state index contributed by atoms with van der Waals surface area (Å²) in [5.41, 5.74) is 5.21. The molecule has 0 saturated carbocycles. The lowest BCUT2D eigenvalue weighted by Gasteiger charge is -2.31. The Bertz CT molecular complexity index is 715. The Hall–Kier alpha value is -1.75. The van der Waals surface area contributed by atoms with Crippen molar-refractivity contribution >= 4 is 19.6 Å². The van der Waals surface area contributed by atoms with Gasteiger partial charge in [0.05, 0.1) is 14.1 Å². The average Bonchev–Trinajstić information content (AvgIpc) is 2.46. The van der Waals surface area contributed by atoms with Gasteiger partial charge in [-0.15, -0.1) is 0 Å². The molecule has 0 bridgehead atoms. The molecular weight excluding hydrogens is 325 g/mol. The molecule has 0 aliphatic heterocycles. The van der Waals surface area contributed by atoms with Crippen LogP contribution in [0.25, 0.3) is 6.08 Å². The predicted octanol–water partition coefficient (Wildman–Crippen LogP) is 3.48. The van der Waals surface area contributed by atoms with Crippen LogP contribution in [0.15, 0.2) is 55.1 Å². The van der Waals surface area contributed by atoms with Gasteiger partial charge in [-0.25, -0.2) is 4.57 Å². The first kappa shape index (κ1) is 20.3. The molecule has 2 rings (SSSR count). The minimum atomic E-state index is -4.64. The summed E-state index contributed by atoms with van der Waals surface area (Å²) in [4.78, 5) is 21.6. The van der Waals surface area contributed by atoms with Crippen molar-refractivity contribution in [1.82, 2.24) is 4.48 Å². The molecule has 24 heavy (non-hydrogen) atoms. The Labute approximate surface area is 143 Å². The van der Waals surface area contributed by atoms with Crippen LogP contribution in [0.3, 0.4) is 0 Å². The van der Waals surface area contributed by atoms with E-state index in [2.05, 4.69) is 76.1 Å². The Balaban J connectivity index is 0.000000505. The average molecular weight is 350 g/mol. The van der Waals surface area contributed by atoms with Gasteiger partial charge in [-0.2, -0.15) is 0 Å². The lowest BCUT2D eigenvalue weighted by molar-refractivity contribution is 0.275. The zero-order chi connectivity index (χ0) is 18.4. The van der Waals surface area contributed by atoms with Gasteiger partial charge < -0.3 is 14.7 Å². The summed E-state index contributed by atoms with van der Waals surface area (Å²) in [5, 5.41) is 0. The largest absolute Gasteiger partial charge is 0.466 e. The highest BCUT2D eigenvalue weighted by Crippen LogP contribution is 2.28. The van der Waals surface area contributed by atoms with Crippen LogP contribution in [0.1, 0.15) is 16.7 Å². The topological polar surface area (TPSA) is 77.8 Å². The van der Waals surface area contributed by atoms with Gasteiger partial charge in [0, 0.05) is 17.2 Å². The molecule has 0 radical (unpaired) electrons. The van der Waals surface area contributed by atoms with E-state index < -0.39 is 7.82 Å². The number of phosphoric acid groups is 1. The summed E-state index contributed by atoms with van der Waals surface area (Å²) in [6, 6.07) is 17.2. The summed E-state index contributed by atoms with van der Waals surface area (Å²) in [7, 11) is -0.135. The van der Waals surface area contributed by atoms with Crippen LogP contribution in [0.2, 0.25) is 0 Å². The molecule has 5 nitrogen and oxygen atoms in total. The molecule has 2 aromatic carbocycles. The van der Waals surface area contributed by atoms with E-state index in [1.165, 1.54) is 22.4 Å². The van der Waals surface area contributed by atoms with Crippen molar-refractivity contribution in [3.05, 3.63) is 71.8 Å². The summed E-state index contributed by atoms with van der Waals surface area (Å²) < 4.78 is 9.73. The Morgan fingerprint density at radius 2 is 1.62 bits per heavy atom. The highest BCUT2D eigenvalue weighted by atomic mass is 31.2. The van der Waals surface area contributed by atoms with Gasteiger partial charge in [-0.1, -0.05) is 55.1 Å². The number of nitrogens with zero attached hydrogens (tertiary/aromatic N) is 1. The van der Waals surface area contributed by atoms with Crippen molar-refractivity contribution in [2.75, 3.05) is 14.1 Å². The normalized spacial score (nSPS) is 11.4. The van der Waals surface area contributed by atoms with Gasteiger partial charge in [-0.3, -0.25) is 4.48 Å². The first-order valence-corrected chi connectivity index (χ1v) is 8.98. The van der Waals surface area contributed by atoms with Gasteiger partial charge >= 0.3 is 7.82 Å². The third-order valence-electron chi connectivity index (χ3n) is 3.54. The molecule has 3 N–H and O–H groups in total. The van der Waals surface area contributed by atoms with Crippen LogP contribution in [0.4, 0.5) is 5.69 Å². The molecule has 0 amide bonds. The molecule has 6 heteroatoms. The monoisotopic (exact) mass is 350 g/mol. The Morgan fingerprint density at radius 1 is 1.08 bits per heavy atom. The van der Waals surface area contributed by atoms with E-state index in [0.717, 1.165) is 11.0 Å². The van der Waals surface area contributed by atoms with Crippen molar-refractivity contribution in [2.24, 2.45) is 0 Å². The summed E-state index contributed by atoms with van der Waals surface area (Å²) in [6.45, 7) is 7.02. The molecule has 0 saturated heterocycles. The summed E-state index contributed by atoms with van der Waals surface area (Å²) in [5.74, 6) is 0. The molecule has 2 aromatic rings. The van der Waals surface area contributed by atoms with E-state index >= 15 is 0 Å². The number of quaternary nitrogens is 1. The molecule has 0 aliphatic carbocycles. The highest BCUT2D eigenvalue weighted by molar-refractivity contribution is 7.45. The van der Waals surface area contributed by atoms with Crippen LogP contribution < -0.4 is 4.48 Å². The molecule has 0 aliphatic rings. The molecule has 0 heterocycles. The van der Waals surface area contributed by atoms with Crippen LogP contribution >= 0.6 is 7.82 Å². The van der Waals surface area contributed by atoms with Gasteiger partial charge in [0.25, 0.3) is 0 Å². The first-order chi connectivity index (χ1) is 11.0. The van der Waals surface area contributed by atoms with Gasteiger partial charge in [-0.05, 0) is 12.5 Å². The minimum absolute atomic E-state index is 0.845. The molecule has 0 aromatic heterocycles. The summed E-state index contributed by atoms with van der Waals surface area (Å²) >= 11 is 0. The van der Waals surface area contributed by atoms with Crippen LogP contribution in [0.5, 0.6) is 0 Å². The van der Waals surface area contributed by atoms with Crippen molar-refractivity contribution in [3.8, 4) is 0 Å². The maximum Gasteiger partial charge on any atom is 0.466 e. The van der Waals surface area contributed by atoms with E-state index in [-0.39, 0.29) is 0 Å². The van der Waals surface area contributed by atoms with E-state index in [9.17, 15) is 0 Å². The van der Waals surface area contributed by atoms with Gasteiger partial charge in [0.1, 0.15) is 12.2 Å². The van der Waals surface area contributed by atoms with E-state index in [4.69, 9.17) is 19.2 Å². The van der Waals surface area contributed by atoms with Gasteiger partial charge in [0.15, 0.2) is 0 Å². The fourth-order valence-electron chi connectivity index (χ4n) is 2.53. The quantitative estimate of drug-likeness (QED) is 0.583. The highest BCUT2D eigenvalue weighted by Gasteiger charge is 2.22. The predicted molar refractivity (Wildman–Crippen MR) is 99.3 cm³/mol. The fourth-order valence-corrected chi connectivity index (χ4v) is 2.53. The lowest BCUT2D eigenvalue weighted by atomic mass is 10.1. The maximum absolute atomic E-state index is 8.88. The first-order valence-electron chi connectivity index (χ1n) is 7.42. The zero-order valence-corrected chi connectivity index (χ0v) is 15.1. The minimum Gasteiger partial charge on any atom is -0.303 e. The Morgan fingerprint density at radius 3 is 2.12 bits per heavy atom. The summed E-state index contributed by atoms with van der Waals surface area (Å²) in [6.07, 6.45) is 1.91. The number of hydrogen-bond acceptors (Lipinski definition) is 1. The second kappa shape index (κ2) is 8.38. The van der Waals surface area contributed by atoms with Crippen LogP contribution in [-0.4, -0.2) is 28.8 Å². The molecule has 0 unspecified atom stereocenters. The third kappa shape index (κ3) is 7.21. The van der Waals surface area contributed by atoms with Gasteiger partial charge in [0.2, 0.25) is 0 Å². The van der Waals surface area contributed by atoms with Crippen molar-refractivity contribution in [3.63, 3.8) is 0 Å². The molecule has 130 valence electrons. The smallest absolute Gasteiger partial charge is 0.303 e. The number of aryl methyl sites for hydroxylation is 1. The number of benzene rings is 2. The van der Waals surface area contributed by atoms with Crippen molar-refractivity contribution in [1.29, 1.82) is 0 Å². The zero-order valence-electron chi connectivity index (χ0n) is 14.3. The fraction of sp³-hybridized carbons (Fsp3) is 0.222. The number of hydrogen-bond donors (Lipinski definition) is 3. The van der Waals surface area contributed by atoms with Crippen LogP contribution in [-0.2, 0) is 11.1 Å². The van der Waals surface area contributed by atoms with Crippen molar-refractivity contribution < 1.29 is 19.2 Å². The second-order valence-electron chi connectivity index (χ2n) is 6.09. The third-order valence-corrected chi connectivity index (χ3v) is 3.54. The maximum atomic E-state index is 8.88. The van der Waals surface area contributed by atoms with Crippen LogP contribution in [0, 0.1) is 6.92 Å². The molecule has 0 fully saturated rings. The van der Waals surface area contributed by atoms with E-state index in [1.54, 1.807) is 0 Å². The second-order valence-corrected chi connectivity index (χ2v) is 7.12. The SMILES string of the molecule is C=Cc1ccc(C)c([N+](C)(C)Cc2ccccc2)c1.O=P(O)(O)O. The molecular formula is C18H25NO4P+. The lowest BCUT2D eigenvalue weighted by Crippen LogP contribution is -2.40. The standard InChI is InChI=1S/C18H22N.H3O4P/c1-5-16-12-11-15(2)18(13-16)19(3,4)14-17-9-7-6-8-10-17;1-5(2,3)4/h5-13H,1,14H2,2-4H3;(H3,1,2,3,4)/q+1;. The van der Waals surface area contributed by atoms with E-state index in [1.807, 2.05) is 6.08 Å². The van der Waals surface area contributed by atoms with E-state index in [0.29, 0.717) is 0 Å². The molecule has 0 atom stereocenters. The number of rotatable bonds is 4. The molecule has 0 spiro atoms. The van der Waals surface area contributed by atoms with Crippen molar-refractivity contribution in [2.45, 2.75) is 13.5 Å².